The van der Waals surface area contributed by atoms with Gasteiger partial charge in [0.05, 0.1) is 22.4 Å². The van der Waals surface area contributed by atoms with E-state index in [1.807, 2.05) is 30.1 Å². The SMILES string of the molecule is Cc1cc(NC(=O)[C@@]2(NC(=O)c3ccc(Cl)s3)CCOC2)ccc1N1CCOC/C1=N\C#N. The van der Waals surface area contributed by atoms with Gasteiger partial charge in [0.2, 0.25) is 6.19 Å². The molecule has 9 nitrogen and oxygen atoms in total. The number of ether oxygens (including phenoxy) is 2. The molecule has 1 atom stereocenters. The molecule has 0 bridgehead atoms. The number of nitrogens with zero attached hydrogens (tertiary/aromatic N) is 3. The van der Waals surface area contributed by atoms with E-state index >= 15 is 0 Å². The molecule has 2 aliphatic rings. The number of morpholine rings is 1. The fraction of sp³-hybridized carbons (Fsp3) is 0.364. The highest BCUT2D eigenvalue weighted by Crippen LogP contribution is 2.28. The summed E-state index contributed by atoms with van der Waals surface area (Å²) in [6.07, 6.45) is 2.18. The molecule has 33 heavy (non-hydrogen) atoms. The van der Waals surface area contributed by atoms with Gasteiger partial charge in [-0.25, -0.2) is 0 Å². The van der Waals surface area contributed by atoms with Crippen LogP contribution in [0.5, 0.6) is 0 Å². The Hall–Kier alpha value is -2.97. The number of halogens is 1. The Balaban J connectivity index is 1.51. The number of nitriles is 1. The zero-order chi connectivity index (χ0) is 23.4. The third kappa shape index (κ3) is 5.02. The second-order valence-electron chi connectivity index (χ2n) is 7.73. The molecule has 0 saturated carbocycles. The fourth-order valence-corrected chi connectivity index (χ4v) is 4.78. The summed E-state index contributed by atoms with van der Waals surface area (Å²) < 4.78 is 11.4. The van der Waals surface area contributed by atoms with Crippen LogP contribution in [0.1, 0.15) is 21.7 Å². The first-order valence-electron chi connectivity index (χ1n) is 10.3. The molecule has 2 fully saturated rings. The van der Waals surface area contributed by atoms with Crippen LogP contribution in [0.25, 0.3) is 0 Å². The van der Waals surface area contributed by atoms with Crippen molar-refractivity contribution >= 4 is 52.0 Å². The van der Waals surface area contributed by atoms with E-state index in [4.69, 9.17) is 26.3 Å². The smallest absolute Gasteiger partial charge is 0.262 e. The first-order chi connectivity index (χ1) is 15.9. The standard InChI is InChI=1S/C22H22ClN5O4S/c1-14-10-15(2-3-16(14)28-7-9-31-11-19(28)25-13-24)26-21(30)22(6-8-32-12-22)27-20(29)17-4-5-18(23)33-17/h2-5,10H,6-9,11-12H2,1H3,(H,26,30)(H,27,29)/b25-19+/t22-/m1/s1. The zero-order valence-electron chi connectivity index (χ0n) is 17.9. The van der Waals surface area contributed by atoms with E-state index in [-0.39, 0.29) is 25.0 Å². The van der Waals surface area contributed by atoms with Crippen molar-refractivity contribution in [2.45, 2.75) is 18.9 Å². The number of rotatable bonds is 5. The van der Waals surface area contributed by atoms with Crippen LogP contribution in [0.4, 0.5) is 11.4 Å². The maximum Gasteiger partial charge on any atom is 0.262 e. The van der Waals surface area contributed by atoms with E-state index < -0.39 is 5.54 Å². The number of amides is 2. The summed E-state index contributed by atoms with van der Waals surface area (Å²) in [5.41, 5.74) is 1.20. The van der Waals surface area contributed by atoms with Gasteiger partial charge >= 0.3 is 0 Å². The number of thiophene rings is 1. The van der Waals surface area contributed by atoms with Gasteiger partial charge in [0.1, 0.15) is 18.0 Å². The average molecular weight is 488 g/mol. The van der Waals surface area contributed by atoms with Crippen molar-refractivity contribution in [2.24, 2.45) is 4.99 Å². The molecule has 2 aliphatic heterocycles. The molecule has 1 aromatic heterocycles. The van der Waals surface area contributed by atoms with E-state index in [0.29, 0.717) is 46.9 Å². The van der Waals surface area contributed by atoms with Gasteiger partial charge in [-0.3, -0.25) is 9.59 Å². The van der Waals surface area contributed by atoms with Gasteiger partial charge < -0.3 is 25.0 Å². The van der Waals surface area contributed by atoms with Gasteiger partial charge in [-0.1, -0.05) is 11.6 Å². The molecule has 3 heterocycles. The summed E-state index contributed by atoms with van der Waals surface area (Å²) in [7, 11) is 0. The molecule has 4 rings (SSSR count). The highest BCUT2D eigenvalue weighted by molar-refractivity contribution is 7.18. The van der Waals surface area contributed by atoms with Crippen LogP contribution in [0.15, 0.2) is 35.3 Å². The van der Waals surface area contributed by atoms with E-state index in [9.17, 15) is 9.59 Å². The van der Waals surface area contributed by atoms with Crippen molar-refractivity contribution in [1.82, 2.24) is 5.32 Å². The number of aliphatic imine (C=N–C) groups is 1. The molecule has 1 aromatic carbocycles. The zero-order valence-corrected chi connectivity index (χ0v) is 19.5. The summed E-state index contributed by atoms with van der Waals surface area (Å²) in [5, 5.41) is 14.7. The van der Waals surface area contributed by atoms with Gasteiger partial charge in [-0.05, 0) is 42.8 Å². The molecule has 0 radical (unpaired) electrons. The van der Waals surface area contributed by atoms with E-state index in [1.165, 1.54) is 0 Å². The minimum Gasteiger partial charge on any atom is -0.378 e. The van der Waals surface area contributed by atoms with Gasteiger partial charge in [-0.15, -0.1) is 11.3 Å². The van der Waals surface area contributed by atoms with Crippen molar-refractivity contribution in [2.75, 3.05) is 43.2 Å². The van der Waals surface area contributed by atoms with E-state index in [1.54, 1.807) is 18.2 Å². The lowest BCUT2D eigenvalue weighted by atomic mass is 9.96. The van der Waals surface area contributed by atoms with Crippen LogP contribution in [-0.2, 0) is 14.3 Å². The molecule has 0 aliphatic carbocycles. The Kier molecular flexibility index (Phi) is 6.95. The maximum atomic E-state index is 13.2. The van der Waals surface area contributed by atoms with Crippen LogP contribution >= 0.6 is 22.9 Å². The Morgan fingerprint density at radius 3 is 2.79 bits per heavy atom. The lowest BCUT2D eigenvalue weighted by Gasteiger charge is -2.31. The molecule has 0 unspecified atom stereocenters. The predicted octanol–water partition coefficient (Wildman–Crippen LogP) is 2.95. The van der Waals surface area contributed by atoms with Crippen LogP contribution in [0, 0.1) is 18.4 Å². The van der Waals surface area contributed by atoms with Crippen LogP contribution in [-0.4, -0.2) is 56.2 Å². The highest BCUT2D eigenvalue weighted by Gasteiger charge is 2.44. The van der Waals surface area contributed by atoms with Gasteiger partial charge in [0.15, 0.2) is 0 Å². The lowest BCUT2D eigenvalue weighted by Crippen LogP contribution is -2.57. The van der Waals surface area contributed by atoms with Crippen molar-refractivity contribution < 1.29 is 19.1 Å². The second kappa shape index (κ2) is 9.89. The molecule has 2 saturated heterocycles. The third-order valence-electron chi connectivity index (χ3n) is 5.53. The number of amidine groups is 1. The summed E-state index contributed by atoms with van der Waals surface area (Å²) in [6.45, 7) is 3.74. The van der Waals surface area contributed by atoms with E-state index in [0.717, 1.165) is 22.6 Å². The minimum atomic E-state index is -1.17. The van der Waals surface area contributed by atoms with E-state index in [2.05, 4.69) is 15.6 Å². The average Bonchev–Trinajstić information content (AvgIpc) is 3.45. The lowest BCUT2D eigenvalue weighted by molar-refractivity contribution is -0.122. The fourth-order valence-electron chi connectivity index (χ4n) is 3.84. The Labute approximate surface area is 199 Å². The maximum absolute atomic E-state index is 13.2. The Morgan fingerprint density at radius 2 is 2.12 bits per heavy atom. The first kappa shape index (κ1) is 23.2. The molecular weight excluding hydrogens is 466 g/mol. The number of benzene rings is 1. The van der Waals surface area contributed by atoms with Crippen molar-refractivity contribution in [3.8, 4) is 6.19 Å². The van der Waals surface area contributed by atoms with Crippen molar-refractivity contribution in [3.05, 3.63) is 45.1 Å². The molecule has 2 aromatic rings. The normalized spacial score (nSPS) is 21.6. The largest absolute Gasteiger partial charge is 0.378 e. The minimum absolute atomic E-state index is 0.0858. The number of nitrogens with one attached hydrogen (secondary N) is 2. The highest BCUT2D eigenvalue weighted by atomic mass is 35.5. The number of carbonyl (C=O) groups is 2. The van der Waals surface area contributed by atoms with Gasteiger partial charge in [0, 0.05) is 30.9 Å². The second-order valence-corrected chi connectivity index (χ2v) is 9.45. The summed E-state index contributed by atoms with van der Waals surface area (Å²) in [4.78, 5) is 32.2. The number of carbonyl (C=O) groups excluding carboxylic acids is 2. The number of hydrogen-bond acceptors (Lipinski definition) is 7. The quantitative estimate of drug-likeness (QED) is 0.626. The molecule has 2 amide bonds. The summed E-state index contributed by atoms with van der Waals surface area (Å²) >= 11 is 7.09. The molecule has 0 spiro atoms. The number of anilines is 2. The predicted molar refractivity (Wildman–Crippen MR) is 126 cm³/mol. The van der Waals surface area contributed by atoms with Gasteiger partial charge in [-0.2, -0.15) is 10.3 Å². The molecule has 172 valence electrons. The molecule has 2 N–H and O–H groups in total. The van der Waals surface area contributed by atoms with Crippen LogP contribution < -0.4 is 15.5 Å². The molecular formula is C22H22ClN5O4S. The third-order valence-corrected chi connectivity index (χ3v) is 6.76. The van der Waals surface area contributed by atoms with Gasteiger partial charge in [0.25, 0.3) is 11.8 Å². The van der Waals surface area contributed by atoms with Crippen LogP contribution in [0.2, 0.25) is 4.34 Å². The topological polar surface area (TPSA) is 116 Å². The first-order valence-corrected chi connectivity index (χ1v) is 11.5. The number of hydrogen-bond donors (Lipinski definition) is 2. The van der Waals surface area contributed by atoms with Crippen LogP contribution in [0.3, 0.4) is 0 Å². The molecule has 11 heteroatoms. The Bertz CT molecular complexity index is 1140. The van der Waals surface area contributed by atoms with Crippen molar-refractivity contribution in [1.29, 1.82) is 5.26 Å². The summed E-state index contributed by atoms with van der Waals surface area (Å²) in [6, 6.07) is 8.76. The van der Waals surface area contributed by atoms with Crippen molar-refractivity contribution in [3.63, 3.8) is 0 Å². The number of aryl methyl sites for hydroxylation is 1. The Morgan fingerprint density at radius 1 is 1.27 bits per heavy atom. The monoisotopic (exact) mass is 487 g/mol. The summed E-state index contributed by atoms with van der Waals surface area (Å²) in [5.74, 6) is -0.168.